The second-order valence-corrected chi connectivity index (χ2v) is 5.08. The minimum Gasteiger partial charge on any atom is -0.384 e. The van der Waals surface area contributed by atoms with Crippen molar-refractivity contribution < 1.29 is 13.6 Å². The van der Waals surface area contributed by atoms with Crippen molar-refractivity contribution in [1.29, 1.82) is 0 Å². The predicted molar refractivity (Wildman–Crippen MR) is 80.4 cm³/mol. The molecule has 0 aliphatic rings. The van der Waals surface area contributed by atoms with Gasteiger partial charge in [-0.15, -0.1) is 0 Å². The molecule has 0 aliphatic carbocycles. The number of nitrogens with zero attached hydrogens (tertiary/aromatic N) is 1. The Morgan fingerprint density at radius 2 is 1.95 bits per heavy atom. The van der Waals surface area contributed by atoms with Crippen LogP contribution in [0.25, 0.3) is 0 Å². The molecule has 2 N–H and O–H groups in total. The largest absolute Gasteiger partial charge is 0.384 e. The molecule has 0 radical (unpaired) electrons. The van der Waals surface area contributed by atoms with E-state index in [1.807, 2.05) is 6.92 Å². The van der Waals surface area contributed by atoms with Gasteiger partial charge in [-0.1, -0.05) is 15.9 Å². The summed E-state index contributed by atoms with van der Waals surface area (Å²) in [6.07, 6.45) is 1.48. The summed E-state index contributed by atoms with van der Waals surface area (Å²) in [5, 5.41) is 5.21. The number of aromatic nitrogens is 1. The number of halogens is 3. The Kier molecular flexibility index (Phi) is 4.85. The van der Waals surface area contributed by atoms with Crippen LogP contribution in [0, 0.1) is 11.6 Å². The summed E-state index contributed by atoms with van der Waals surface area (Å²) >= 11 is 2.97. The van der Waals surface area contributed by atoms with Gasteiger partial charge in [0.2, 0.25) is 0 Å². The topological polar surface area (TPSA) is 54.0 Å². The van der Waals surface area contributed by atoms with Gasteiger partial charge in [0.15, 0.2) is 11.6 Å². The molecule has 2 aromatic rings. The SMILES string of the molecule is CCNc1ccc(C(=O)Nc2c(F)cc(Br)cc2F)nc1. The first-order valence-corrected chi connectivity index (χ1v) is 6.96. The van der Waals surface area contributed by atoms with E-state index < -0.39 is 23.2 Å². The molecule has 0 saturated carbocycles. The second-order valence-electron chi connectivity index (χ2n) is 4.16. The number of carbonyl (C=O) groups excluding carboxylic acids is 1. The van der Waals surface area contributed by atoms with Crippen LogP contribution in [0.5, 0.6) is 0 Å². The van der Waals surface area contributed by atoms with Crippen molar-refractivity contribution in [2.45, 2.75) is 6.92 Å². The van der Waals surface area contributed by atoms with E-state index in [-0.39, 0.29) is 10.2 Å². The summed E-state index contributed by atoms with van der Waals surface area (Å²) in [7, 11) is 0. The van der Waals surface area contributed by atoms with E-state index in [1.54, 1.807) is 6.07 Å². The van der Waals surface area contributed by atoms with Gasteiger partial charge in [0.05, 0.1) is 11.9 Å². The lowest BCUT2D eigenvalue weighted by Crippen LogP contribution is -2.16. The normalized spacial score (nSPS) is 10.3. The first kappa shape index (κ1) is 15.4. The molecule has 0 aliphatic heterocycles. The van der Waals surface area contributed by atoms with Crippen LogP contribution in [0.4, 0.5) is 20.2 Å². The van der Waals surface area contributed by atoms with Crippen molar-refractivity contribution in [3.05, 3.63) is 52.3 Å². The first-order chi connectivity index (χ1) is 10.0. The highest BCUT2D eigenvalue weighted by Gasteiger charge is 2.15. The maximum atomic E-state index is 13.6. The van der Waals surface area contributed by atoms with Gasteiger partial charge in [0.1, 0.15) is 11.4 Å². The lowest BCUT2D eigenvalue weighted by Gasteiger charge is -2.08. The van der Waals surface area contributed by atoms with Crippen LogP contribution in [0.15, 0.2) is 34.9 Å². The molecular weight excluding hydrogens is 344 g/mol. The highest BCUT2D eigenvalue weighted by atomic mass is 79.9. The third kappa shape index (κ3) is 3.75. The summed E-state index contributed by atoms with van der Waals surface area (Å²) < 4.78 is 27.5. The number of nitrogens with one attached hydrogen (secondary N) is 2. The molecule has 1 aromatic carbocycles. The smallest absolute Gasteiger partial charge is 0.274 e. The Balaban J connectivity index is 2.18. The molecule has 0 spiro atoms. The van der Waals surface area contributed by atoms with Crippen LogP contribution >= 0.6 is 15.9 Å². The van der Waals surface area contributed by atoms with Gasteiger partial charge in [-0.2, -0.15) is 0 Å². The van der Waals surface area contributed by atoms with Crippen LogP contribution in [0.2, 0.25) is 0 Å². The average Bonchev–Trinajstić information content (AvgIpc) is 2.43. The molecule has 21 heavy (non-hydrogen) atoms. The molecule has 7 heteroatoms. The number of pyridine rings is 1. The molecule has 4 nitrogen and oxygen atoms in total. The Hall–Kier alpha value is -2.02. The number of hydrogen-bond acceptors (Lipinski definition) is 3. The summed E-state index contributed by atoms with van der Waals surface area (Å²) in [5.41, 5.74) is 0.328. The maximum Gasteiger partial charge on any atom is 0.274 e. The summed E-state index contributed by atoms with van der Waals surface area (Å²) in [4.78, 5) is 15.9. The van der Waals surface area contributed by atoms with E-state index in [0.29, 0.717) is 0 Å². The second kappa shape index (κ2) is 6.62. The fourth-order valence-electron chi connectivity index (χ4n) is 1.68. The standard InChI is InChI=1S/C14H12BrF2N3O/c1-2-18-9-3-4-12(19-7-9)14(21)20-13-10(16)5-8(15)6-11(13)17/h3-7,18H,2H2,1H3,(H,20,21). The van der Waals surface area contributed by atoms with E-state index in [4.69, 9.17) is 0 Å². The number of rotatable bonds is 4. The number of carbonyl (C=O) groups is 1. The number of benzene rings is 1. The molecule has 0 fully saturated rings. The van der Waals surface area contributed by atoms with Crippen LogP contribution in [-0.4, -0.2) is 17.4 Å². The van der Waals surface area contributed by atoms with Crippen molar-refractivity contribution >= 4 is 33.2 Å². The van der Waals surface area contributed by atoms with Gasteiger partial charge in [-0.3, -0.25) is 4.79 Å². The first-order valence-electron chi connectivity index (χ1n) is 6.17. The minimum atomic E-state index is -0.862. The van der Waals surface area contributed by atoms with Crippen LogP contribution in [0.1, 0.15) is 17.4 Å². The quantitative estimate of drug-likeness (QED) is 0.876. The maximum absolute atomic E-state index is 13.6. The van der Waals surface area contributed by atoms with Crippen molar-refractivity contribution in [3.8, 4) is 0 Å². The zero-order valence-electron chi connectivity index (χ0n) is 11.1. The lowest BCUT2D eigenvalue weighted by atomic mass is 10.2. The Morgan fingerprint density at radius 3 is 2.48 bits per heavy atom. The number of hydrogen-bond donors (Lipinski definition) is 2. The van der Waals surface area contributed by atoms with E-state index in [2.05, 4.69) is 31.5 Å². The summed E-state index contributed by atoms with van der Waals surface area (Å²) in [6.45, 7) is 2.66. The van der Waals surface area contributed by atoms with Gasteiger partial charge in [0.25, 0.3) is 5.91 Å². The zero-order chi connectivity index (χ0) is 15.4. The molecule has 1 heterocycles. The molecule has 1 aromatic heterocycles. The third-order valence-corrected chi connectivity index (χ3v) is 3.08. The van der Waals surface area contributed by atoms with Gasteiger partial charge < -0.3 is 10.6 Å². The van der Waals surface area contributed by atoms with Gasteiger partial charge >= 0.3 is 0 Å². The fraction of sp³-hybridized carbons (Fsp3) is 0.143. The molecule has 110 valence electrons. The van der Waals surface area contributed by atoms with E-state index in [1.165, 1.54) is 12.3 Å². The molecule has 0 atom stereocenters. The highest BCUT2D eigenvalue weighted by Crippen LogP contribution is 2.24. The summed E-state index contributed by atoms with van der Waals surface area (Å²) in [6, 6.07) is 5.28. The third-order valence-electron chi connectivity index (χ3n) is 2.62. The Morgan fingerprint density at radius 1 is 1.29 bits per heavy atom. The zero-order valence-corrected chi connectivity index (χ0v) is 12.7. The van der Waals surface area contributed by atoms with Gasteiger partial charge in [-0.05, 0) is 31.2 Å². The molecule has 0 bridgehead atoms. The van der Waals surface area contributed by atoms with Gasteiger partial charge in [-0.25, -0.2) is 13.8 Å². The Bertz CT molecular complexity index is 639. The van der Waals surface area contributed by atoms with Crippen molar-refractivity contribution in [2.24, 2.45) is 0 Å². The molecule has 2 rings (SSSR count). The van der Waals surface area contributed by atoms with E-state index >= 15 is 0 Å². The van der Waals surface area contributed by atoms with Crippen LogP contribution in [-0.2, 0) is 0 Å². The van der Waals surface area contributed by atoms with E-state index in [9.17, 15) is 13.6 Å². The van der Waals surface area contributed by atoms with Crippen LogP contribution in [0.3, 0.4) is 0 Å². The monoisotopic (exact) mass is 355 g/mol. The van der Waals surface area contributed by atoms with Gasteiger partial charge in [0, 0.05) is 11.0 Å². The molecule has 1 amide bonds. The van der Waals surface area contributed by atoms with Crippen LogP contribution < -0.4 is 10.6 Å². The molecular formula is C14H12BrF2N3O. The van der Waals surface area contributed by atoms with E-state index in [0.717, 1.165) is 24.4 Å². The summed E-state index contributed by atoms with van der Waals surface area (Å²) in [5.74, 6) is -2.41. The highest BCUT2D eigenvalue weighted by molar-refractivity contribution is 9.10. The Labute approximate surface area is 128 Å². The fourth-order valence-corrected chi connectivity index (χ4v) is 2.08. The molecule has 0 unspecified atom stereocenters. The number of amides is 1. The van der Waals surface area contributed by atoms with Crippen molar-refractivity contribution in [3.63, 3.8) is 0 Å². The lowest BCUT2D eigenvalue weighted by molar-refractivity contribution is 0.102. The average molecular weight is 356 g/mol. The van der Waals surface area contributed by atoms with Crippen molar-refractivity contribution in [1.82, 2.24) is 4.98 Å². The van der Waals surface area contributed by atoms with Crippen molar-refractivity contribution in [2.75, 3.05) is 17.2 Å². The number of anilines is 2. The molecule has 0 saturated heterocycles. The minimum absolute atomic E-state index is 0.0679. The predicted octanol–water partition coefficient (Wildman–Crippen LogP) is 3.81.